The summed E-state index contributed by atoms with van der Waals surface area (Å²) in [6.45, 7) is 1.70. The van der Waals surface area contributed by atoms with Crippen LogP contribution in [0.3, 0.4) is 0 Å². The number of methoxy groups -OCH3 is 1. The molecule has 0 aliphatic carbocycles. The molecule has 88 valence electrons. The second-order valence-electron chi connectivity index (χ2n) is 3.18. The number of carbonyl (C=O) groups excluding carboxylic acids is 1. The third-order valence-corrected chi connectivity index (χ3v) is 2.15. The molecule has 1 aromatic heterocycles. The van der Waals surface area contributed by atoms with Crippen molar-refractivity contribution in [1.29, 1.82) is 0 Å². The SMILES string of the molecule is COC(=O)c1cc(C)c(CN)nc1C(F)F. The van der Waals surface area contributed by atoms with Gasteiger partial charge in [-0.2, -0.15) is 0 Å². The number of aryl methyl sites for hydroxylation is 1. The van der Waals surface area contributed by atoms with Crippen molar-refractivity contribution in [3.8, 4) is 0 Å². The van der Waals surface area contributed by atoms with Crippen molar-refractivity contribution in [2.75, 3.05) is 7.11 Å². The first kappa shape index (κ1) is 12.5. The molecule has 0 fully saturated rings. The Kier molecular flexibility index (Phi) is 3.89. The van der Waals surface area contributed by atoms with Crippen molar-refractivity contribution in [3.63, 3.8) is 0 Å². The number of nitrogens with two attached hydrogens (primary N) is 1. The fourth-order valence-corrected chi connectivity index (χ4v) is 1.31. The average Bonchev–Trinajstić information content (AvgIpc) is 2.27. The van der Waals surface area contributed by atoms with Gasteiger partial charge < -0.3 is 10.5 Å². The third-order valence-electron chi connectivity index (χ3n) is 2.15. The van der Waals surface area contributed by atoms with Gasteiger partial charge in [0, 0.05) is 6.54 Å². The van der Waals surface area contributed by atoms with Gasteiger partial charge in [0.1, 0.15) is 5.69 Å². The van der Waals surface area contributed by atoms with Gasteiger partial charge in [-0.25, -0.2) is 18.6 Å². The first-order valence-electron chi connectivity index (χ1n) is 4.58. The Labute approximate surface area is 91.4 Å². The summed E-state index contributed by atoms with van der Waals surface area (Å²) in [5, 5.41) is 0. The van der Waals surface area contributed by atoms with Crippen LogP contribution in [0.4, 0.5) is 8.78 Å². The molecule has 1 heterocycles. The fourth-order valence-electron chi connectivity index (χ4n) is 1.31. The highest BCUT2D eigenvalue weighted by Gasteiger charge is 2.22. The maximum absolute atomic E-state index is 12.7. The largest absolute Gasteiger partial charge is 0.465 e. The number of alkyl halides is 2. The highest BCUT2D eigenvalue weighted by Crippen LogP contribution is 2.23. The van der Waals surface area contributed by atoms with Gasteiger partial charge in [0.25, 0.3) is 6.43 Å². The van der Waals surface area contributed by atoms with E-state index in [0.29, 0.717) is 11.3 Å². The monoisotopic (exact) mass is 230 g/mol. The molecule has 0 bridgehead atoms. The normalized spacial score (nSPS) is 10.6. The van der Waals surface area contributed by atoms with Crippen LogP contribution in [0.25, 0.3) is 0 Å². The van der Waals surface area contributed by atoms with Crippen LogP contribution < -0.4 is 5.73 Å². The van der Waals surface area contributed by atoms with Crippen LogP contribution in [0, 0.1) is 6.92 Å². The van der Waals surface area contributed by atoms with Crippen LogP contribution >= 0.6 is 0 Å². The summed E-state index contributed by atoms with van der Waals surface area (Å²) in [7, 11) is 1.13. The van der Waals surface area contributed by atoms with Gasteiger partial charge in [-0.1, -0.05) is 0 Å². The number of aromatic nitrogens is 1. The van der Waals surface area contributed by atoms with E-state index in [9.17, 15) is 13.6 Å². The molecule has 2 N–H and O–H groups in total. The van der Waals surface area contributed by atoms with Crippen LogP contribution in [0.15, 0.2) is 6.07 Å². The van der Waals surface area contributed by atoms with E-state index in [2.05, 4.69) is 9.72 Å². The molecule has 0 aliphatic rings. The van der Waals surface area contributed by atoms with Crippen molar-refractivity contribution in [2.24, 2.45) is 5.73 Å². The second-order valence-corrected chi connectivity index (χ2v) is 3.18. The second kappa shape index (κ2) is 4.98. The Balaban J connectivity index is 3.36. The zero-order chi connectivity index (χ0) is 12.3. The smallest absolute Gasteiger partial charge is 0.339 e. The molecule has 16 heavy (non-hydrogen) atoms. The number of ether oxygens (including phenoxy) is 1. The molecule has 0 saturated heterocycles. The average molecular weight is 230 g/mol. The molecular formula is C10H12F2N2O2. The Morgan fingerprint density at radius 3 is 2.69 bits per heavy atom. The Bertz CT molecular complexity index is 408. The zero-order valence-corrected chi connectivity index (χ0v) is 8.96. The van der Waals surface area contributed by atoms with Gasteiger partial charge in [0.15, 0.2) is 0 Å². The lowest BCUT2D eigenvalue weighted by Gasteiger charge is -2.10. The lowest BCUT2D eigenvalue weighted by atomic mass is 10.1. The maximum atomic E-state index is 12.7. The minimum Gasteiger partial charge on any atom is -0.465 e. The minimum atomic E-state index is -2.83. The van der Waals surface area contributed by atoms with E-state index in [0.717, 1.165) is 7.11 Å². The van der Waals surface area contributed by atoms with Crippen molar-refractivity contribution in [1.82, 2.24) is 4.98 Å². The molecular weight excluding hydrogens is 218 g/mol. The highest BCUT2D eigenvalue weighted by molar-refractivity contribution is 5.90. The van der Waals surface area contributed by atoms with E-state index in [-0.39, 0.29) is 12.1 Å². The van der Waals surface area contributed by atoms with E-state index in [1.807, 2.05) is 0 Å². The summed E-state index contributed by atoms with van der Waals surface area (Å²) in [4.78, 5) is 14.9. The number of rotatable bonds is 3. The predicted molar refractivity (Wildman–Crippen MR) is 53.2 cm³/mol. The number of halogens is 2. The van der Waals surface area contributed by atoms with Crippen molar-refractivity contribution >= 4 is 5.97 Å². The Morgan fingerprint density at radius 1 is 1.62 bits per heavy atom. The quantitative estimate of drug-likeness (QED) is 0.800. The zero-order valence-electron chi connectivity index (χ0n) is 8.96. The highest BCUT2D eigenvalue weighted by atomic mass is 19.3. The van der Waals surface area contributed by atoms with Gasteiger partial charge in [-0.05, 0) is 18.6 Å². The van der Waals surface area contributed by atoms with Gasteiger partial charge in [0.05, 0.1) is 18.4 Å². The van der Waals surface area contributed by atoms with E-state index < -0.39 is 18.1 Å². The van der Waals surface area contributed by atoms with E-state index >= 15 is 0 Å². The topological polar surface area (TPSA) is 65.2 Å². The molecule has 0 atom stereocenters. The molecule has 6 heteroatoms. The molecule has 0 saturated carbocycles. The molecule has 0 spiro atoms. The van der Waals surface area contributed by atoms with Crippen LogP contribution in [0.2, 0.25) is 0 Å². The third kappa shape index (κ3) is 2.33. The number of pyridine rings is 1. The number of esters is 1. The van der Waals surface area contributed by atoms with Crippen LogP contribution in [-0.2, 0) is 11.3 Å². The molecule has 0 aliphatic heterocycles. The van der Waals surface area contributed by atoms with Gasteiger partial charge in [-0.15, -0.1) is 0 Å². The summed E-state index contributed by atoms with van der Waals surface area (Å²) < 4.78 is 29.7. The van der Waals surface area contributed by atoms with Crippen molar-refractivity contribution in [3.05, 3.63) is 28.6 Å². The van der Waals surface area contributed by atoms with Gasteiger partial charge >= 0.3 is 5.97 Å². The summed E-state index contributed by atoms with van der Waals surface area (Å²) in [6.07, 6.45) is -2.83. The van der Waals surface area contributed by atoms with Crippen LogP contribution in [-0.4, -0.2) is 18.1 Å². The minimum absolute atomic E-state index is 0.0486. The molecule has 4 nitrogen and oxygen atoms in total. The van der Waals surface area contributed by atoms with Gasteiger partial charge in [0.2, 0.25) is 0 Å². The van der Waals surface area contributed by atoms with Gasteiger partial charge in [-0.3, -0.25) is 0 Å². The van der Waals surface area contributed by atoms with Crippen molar-refractivity contribution < 1.29 is 18.3 Å². The van der Waals surface area contributed by atoms with Crippen LogP contribution in [0.1, 0.15) is 33.7 Å². The van der Waals surface area contributed by atoms with E-state index in [1.54, 1.807) is 6.92 Å². The lowest BCUT2D eigenvalue weighted by molar-refractivity contribution is 0.0587. The summed E-state index contributed by atoms with van der Waals surface area (Å²) in [5.74, 6) is -0.825. The number of nitrogens with zero attached hydrogens (tertiary/aromatic N) is 1. The first-order valence-corrected chi connectivity index (χ1v) is 4.58. The molecule has 0 radical (unpaired) electrons. The van der Waals surface area contributed by atoms with Crippen LogP contribution in [0.5, 0.6) is 0 Å². The maximum Gasteiger partial charge on any atom is 0.339 e. The Morgan fingerprint density at radius 2 is 2.25 bits per heavy atom. The summed E-state index contributed by atoms with van der Waals surface area (Å²) >= 11 is 0. The molecule has 0 unspecified atom stereocenters. The fraction of sp³-hybridized carbons (Fsp3) is 0.400. The molecule has 0 amide bonds. The predicted octanol–water partition coefficient (Wildman–Crippen LogP) is 1.57. The summed E-state index contributed by atoms with van der Waals surface area (Å²) in [6, 6.07) is 1.32. The summed E-state index contributed by atoms with van der Waals surface area (Å²) in [5.41, 5.74) is 5.49. The number of hydrogen-bond donors (Lipinski definition) is 1. The lowest BCUT2D eigenvalue weighted by Crippen LogP contribution is -2.13. The number of hydrogen-bond acceptors (Lipinski definition) is 4. The molecule has 1 rings (SSSR count). The number of carbonyl (C=O) groups is 1. The first-order chi connectivity index (χ1) is 7.51. The van der Waals surface area contributed by atoms with Crippen molar-refractivity contribution in [2.45, 2.75) is 19.9 Å². The molecule has 1 aromatic rings. The van der Waals surface area contributed by atoms with E-state index in [4.69, 9.17) is 5.73 Å². The standard InChI is InChI=1S/C10H12F2N2O2/c1-5-3-6(10(15)16-2)8(9(11)12)14-7(5)4-13/h3,9H,4,13H2,1-2H3. The molecule has 0 aromatic carbocycles. The van der Waals surface area contributed by atoms with E-state index in [1.165, 1.54) is 6.07 Å². The Hall–Kier alpha value is -1.56.